The van der Waals surface area contributed by atoms with Crippen LogP contribution in [-0.2, 0) is 71.1 Å². The van der Waals surface area contributed by atoms with Crippen molar-refractivity contribution in [1.29, 1.82) is 0 Å². The number of esters is 2. The molecule has 0 saturated carbocycles. The van der Waals surface area contributed by atoms with Crippen LogP contribution >= 0.6 is 0 Å². The molecular formula is C56H74O9. The molecule has 0 N–H and O–H groups in total. The van der Waals surface area contributed by atoms with E-state index < -0.39 is 11.9 Å². The van der Waals surface area contributed by atoms with Crippen LogP contribution < -0.4 is 18.9 Å². The molecule has 4 aromatic rings. The van der Waals surface area contributed by atoms with E-state index in [4.69, 9.17) is 33.2 Å². The van der Waals surface area contributed by atoms with Crippen molar-refractivity contribution in [3.63, 3.8) is 0 Å². The molecule has 9 nitrogen and oxygen atoms in total. The summed E-state index contributed by atoms with van der Waals surface area (Å²) in [6.45, 7) is 31.8. The number of carbonyl (C=O) groups excluding carboxylic acids is 2. The SMILES string of the molecule is CCOC(=O)COc1c2cc(C(C)(C)C)cc1Cc1cc(C(C)(C)C)cc(c1OCC(=O)OCC)Cc1cc(C(C)(C)C)cc3c1OCCOCCOc1c(cc(C(C)(C)C)cc1C2)C3. The van der Waals surface area contributed by atoms with E-state index in [1.807, 2.05) is 0 Å². The number of fused-ring (bicyclic) bond motifs is 4. The summed E-state index contributed by atoms with van der Waals surface area (Å²) >= 11 is 0. The van der Waals surface area contributed by atoms with E-state index >= 15 is 0 Å². The third-order valence-electron chi connectivity index (χ3n) is 12.2. The van der Waals surface area contributed by atoms with Gasteiger partial charge >= 0.3 is 11.9 Å². The highest BCUT2D eigenvalue weighted by Gasteiger charge is 2.30. The molecule has 0 saturated heterocycles. The molecule has 9 heteroatoms. The maximum absolute atomic E-state index is 13.1. The predicted octanol–water partition coefficient (Wildman–Crippen LogP) is 11.2. The molecule has 4 aromatic carbocycles. The standard InChI is InChI=1S/C56H74O9/c1-15-60-47(57)33-64-51-39-22-37-27-43(53(3,4)5)25-35-21-36-26-44(54(6,7)8)28-38(50(36)63-20-18-59-17-19-62-49(35)37)23-40-30-46(56(12,13)14)32-42(52(40)65-34-48(58)61-16-2)24-41(51)31-45(29-39)55(9,10)11/h25-32H,15-24,33-34H2,1-14H3. The second-order valence-corrected chi connectivity index (χ2v) is 21.7. The van der Waals surface area contributed by atoms with Crippen LogP contribution in [0.4, 0.5) is 0 Å². The van der Waals surface area contributed by atoms with E-state index in [2.05, 4.69) is 132 Å². The van der Waals surface area contributed by atoms with Gasteiger partial charge in [-0.15, -0.1) is 0 Å². The lowest BCUT2D eigenvalue weighted by molar-refractivity contribution is -0.146. The average molecular weight is 891 g/mol. The Morgan fingerprint density at radius 3 is 0.969 bits per heavy atom. The van der Waals surface area contributed by atoms with Crippen molar-refractivity contribution in [1.82, 2.24) is 0 Å². The zero-order valence-electron chi connectivity index (χ0n) is 41.8. The van der Waals surface area contributed by atoms with Crippen molar-refractivity contribution >= 4 is 11.9 Å². The zero-order chi connectivity index (χ0) is 47.5. The van der Waals surface area contributed by atoms with E-state index in [0.29, 0.717) is 63.6 Å². The predicted molar refractivity (Wildman–Crippen MR) is 258 cm³/mol. The fourth-order valence-corrected chi connectivity index (χ4v) is 8.54. The minimum absolute atomic E-state index is 0.190. The third-order valence-corrected chi connectivity index (χ3v) is 12.2. The number of carbonyl (C=O) groups is 2. The Morgan fingerprint density at radius 1 is 0.431 bits per heavy atom. The van der Waals surface area contributed by atoms with Crippen molar-refractivity contribution in [3.8, 4) is 23.0 Å². The molecular weight excluding hydrogens is 817 g/mol. The van der Waals surface area contributed by atoms with Gasteiger partial charge in [-0.05, 0) is 102 Å². The van der Waals surface area contributed by atoms with Crippen LogP contribution in [0.1, 0.15) is 164 Å². The van der Waals surface area contributed by atoms with Gasteiger partial charge in [-0.3, -0.25) is 0 Å². The number of hydrogen-bond acceptors (Lipinski definition) is 9. The first-order valence-corrected chi connectivity index (χ1v) is 23.5. The van der Waals surface area contributed by atoms with Crippen LogP contribution in [0, 0.1) is 0 Å². The smallest absolute Gasteiger partial charge is 0.344 e. The summed E-state index contributed by atoms with van der Waals surface area (Å²) in [5, 5.41) is 0. The highest BCUT2D eigenvalue weighted by atomic mass is 16.6. The Bertz CT molecular complexity index is 2200. The molecule has 1 aliphatic carbocycles. The number of rotatable bonds is 8. The number of ether oxygens (including phenoxy) is 7. The van der Waals surface area contributed by atoms with Crippen LogP contribution in [0.3, 0.4) is 0 Å². The van der Waals surface area contributed by atoms with Crippen LogP contribution in [0.25, 0.3) is 0 Å². The van der Waals surface area contributed by atoms with E-state index in [-0.39, 0.29) is 48.1 Å². The van der Waals surface area contributed by atoms with Gasteiger partial charge in [0.1, 0.15) is 36.2 Å². The monoisotopic (exact) mass is 891 g/mol. The quantitative estimate of drug-likeness (QED) is 0.141. The lowest BCUT2D eigenvalue weighted by Crippen LogP contribution is -2.21. The molecule has 0 atom stereocenters. The van der Waals surface area contributed by atoms with Gasteiger partial charge in [0.05, 0.1) is 26.4 Å². The Balaban J connectivity index is 1.79. The average Bonchev–Trinajstić information content (AvgIpc) is 3.18. The van der Waals surface area contributed by atoms with Crippen LogP contribution in [0.5, 0.6) is 23.0 Å². The first-order valence-electron chi connectivity index (χ1n) is 23.5. The summed E-state index contributed by atoms with van der Waals surface area (Å²) in [6, 6.07) is 18.0. The van der Waals surface area contributed by atoms with E-state index in [9.17, 15) is 9.59 Å². The first kappa shape index (κ1) is 49.4. The Morgan fingerprint density at radius 2 is 0.692 bits per heavy atom. The minimum Gasteiger partial charge on any atom is -0.491 e. The van der Waals surface area contributed by atoms with Gasteiger partial charge < -0.3 is 33.2 Å². The molecule has 0 amide bonds. The molecule has 65 heavy (non-hydrogen) atoms. The molecule has 0 fully saturated rings. The normalized spacial score (nSPS) is 14.7. The van der Waals surface area contributed by atoms with E-state index in [1.165, 1.54) is 11.1 Å². The summed E-state index contributed by atoms with van der Waals surface area (Å²) in [7, 11) is 0. The highest BCUT2D eigenvalue weighted by molar-refractivity contribution is 5.72. The molecule has 352 valence electrons. The fourth-order valence-electron chi connectivity index (χ4n) is 8.54. The zero-order valence-corrected chi connectivity index (χ0v) is 41.8. The van der Waals surface area contributed by atoms with E-state index in [1.54, 1.807) is 13.8 Å². The third kappa shape index (κ3) is 12.3. The van der Waals surface area contributed by atoms with Gasteiger partial charge in [-0.2, -0.15) is 0 Å². The minimum atomic E-state index is -0.446. The maximum Gasteiger partial charge on any atom is 0.344 e. The molecule has 10 bridgehead atoms. The molecule has 0 unspecified atom stereocenters. The van der Waals surface area contributed by atoms with Gasteiger partial charge in [0.2, 0.25) is 0 Å². The summed E-state index contributed by atoms with van der Waals surface area (Å²) in [6.07, 6.45) is 1.85. The lowest BCUT2D eigenvalue weighted by Gasteiger charge is -2.29. The van der Waals surface area contributed by atoms with Gasteiger partial charge in [0, 0.05) is 25.7 Å². The first-order chi connectivity index (χ1) is 30.5. The molecule has 2 aliphatic rings. The Kier molecular flexibility index (Phi) is 15.1. The van der Waals surface area contributed by atoms with Crippen molar-refractivity contribution < 1.29 is 42.7 Å². The number of hydrogen-bond donors (Lipinski definition) is 0. The summed E-state index contributed by atoms with van der Waals surface area (Å²) in [4.78, 5) is 26.2. The number of benzene rings is 4. The van der Waals surface area contributed by atoms with Gasteiger partial charge in [-0.25, -0.2) is 9.59 Å². The lowest BCUT2D eigenvalue weighted by atomic mass is 9.79. The summed E-state index contributed by atoms with van der Waals surface area (Å²) < 4.78 is 44.1. The van der Waals surface area contributed by atoms with Crippen LogP contribution in [0.15, 0.2) is 48.5 Å². The van der Waals surface area contributed by atoms with Crippen molar-refractivity contribution in [2.24, 2.45) is 0 Å². The Labute approximate surface area is 388 Å². The summed E-state index contributed by atoms with van der Waals surface area (Å²) in [5.74, 6) is 1.96. The largest absolute Gasteiger partial charge is 0.491 e. The van der Waals surface area contributed by atoms with Crippen molar-refractivity contribution in [3.05, 3.63) is 115 Å². The highest BCUT2D eigenvalue weighted by Crippen LogP contribution is 2.44. The second kappa shape index (κ2) is 19.8. The summed E-state index contributed by atoms with van der Waals surface area (Å²) in [5.41, 5.74) is 11.5. The molecule has 6 rings (SSSR count). The van der Waals surface area contributed by atoms with Gasteiger partial charge in [0.15, 0.2) is 13.2 Å². The maximum atomic E-state index is 13.1. The Hall–Kier alpha value is -5.02. The van der Waals surface area contributed by atoms with Gasteiger partial charge in [0.25, 0.3) is 0 Å². The molecule has 0 aromatic heterocycles. The van der Waals surface area contributed by atoms with Crippen molar-refractivity contribution in [2.45, 2.75) is 144 Å². The van der Waals surface area contributed by atoms with E-state index in [0.717, 1.165) is 67.1 Å². The molecule has 1 heterocycles. The second-order valence-electron chi connectivity index (χ2n) is 21.7. The molecule has 0 spiro atoms. The topological polar surface area (TPSA) is 98.8 Å². The van der Waals surface area contributed by atoms with Crippen molar-refractivity contribution in [2.75, 3.05) is 52.9 Å². The fraction of sp³-hybridized carbons (Fsp3) is 0.536. The van der Waals surface area contributed by atoms with Crippen LogP contribution in [0.2, 0.25) is 0 Å². The molecule has 1 aliphatic heterocycles. The van der Waals surface area contributed by atoms with Gasteiger partial charge in [-0.1, -0.05) is 132 Å². The van der Waals surface area contributed by atoms with Crippen LogP contribution in [-0.4, -0.2) is 64.8 Å². The molecule has 0 radical (unpaired) electrons.